The third-order valence-corrected chi connectivity index (χ3v) is 1.36. The third-order valence-electron chi connectivity index (χ3n) is 1.36. The van der Waals surface area contributed by atoms with Gasteiger partial charge in [-0.25, -0.2) is 4.68 Å². The second-order valence-electron chi connectivity index (χ2n) is 2.03. The van der Waals surface area contributed by atoms with E-state index < -0.39 is 0 Å². The molecule has 0 bridgehead atoms. The molecule has 3 N–H and O–H groups in total. The van der Waals surface area contributed by atoms with E-state index in [1.54, 1.807) is 4.68 Å². The van der Waals surface area contributed by atoms with E-state index in [-0.39, 0.29) is 0 Å². The molecule has 1 aromatic heterocycles. The number of nitrogens with two attached hydrogens (primary N) is 1. The second kappa shape index (κ2) is 3.05. The maximum atomic E-state index is 10.1. The molecule has 5 heteroatoms. The van der Waals surface area contributed by atoms with Gasteiger partial charge >= 0.3 is 0 Å². The van der Waals surface area contributed by atoms with Gasteiger partial charge in [-0.3, -0.25) is 4.79 Å². The summed E-state index contributed by atoms with van der Waals surface area (Å²) < 4.78 is 1.61. The van der Waals surface area contributed by atoms with Gasteiger partial charge in [0, 0.05) is 6.54 Å². The average Bonchev–Trinajstić information content (AvgIpc) is 2.34. The molecule has 1 rings (SSSR count). The van der Waals surface area contributed by atoms with Gasteiger partial charge in [0.25, 0.3) is 0 Å². The molecule has 0 fully saturated rings. The van der Waals surface area contributed by atoms with Crippen LogP contribution >= 0.6 is 0 Å². The van der Waals surface area contributed by atoms with E-state index in [2.05, 4.69) is 10.4 Å². The average molecular weight is 154 g/mol. The smallest absolute Gasteiger partial charge is 0.212 e. The molecule has 60 valence electrons. The fourth-order valence-electron chi connectivity index (χ4n) is 0.853. The Morgan fingerprint density at radius 1 is 1.91 bits per heavy atom. The first-order valence-electron chi connectivity index (χ1n) is 3.31. The first-order chi connectivity index (χ1) is 5.29. The first kappa shape index (κ1) is 7.59. The minimum absolute atomic E-state index is 0.485. The van der Waals surface area contributed by atoms with Crippen LogP contribution in [0, 0.1) is 0 Å². The van der Waals surface area contributed by atoms with E-state index in [4.69, 9.17) is 5.73 Å². The van der Waals surface area contributed by atoms with Crippen molar-refractivity contribution in [1.29, 1.82) is 0 Å². The topological polar surface area (TPSA) is 72.9 Å². The van der Waals surface area contributed by atoms with Crippen molar-refractivity contribution in [2.75, 3.05) is 11.1 Å². The number of carbonyl (C=O) groups is 1. The van der Waals surface area contributed by atoms with Crippen molar-refractivity contribution in [2.24, 2.45) is 0 Å². The Balaban J connectivity index is 2.96. The Hall–Kier alpha value is -1.52. The summed E-state index contributed by atoms with van der Waals surface area (Å²) in [5.74, 6) is 0.558. The predicted molar refractivity (Wildman–Crippen MR) is 42.0 cm³/mol. The summed E-state index contributed by atoms with van der Waals surface area (Å²) in [6.45, 7) is 2.61. The van der Waals surface area contributed by atoms with Gasteiger partial charge in [0.2, 0.25) is 6.41 Å². The van der Waals surface area contributed by atoms with Crippen LogP contribution in [0.4, 0.5) is 11.5 Å². The number of aryl methyl sites for hydroxylation is 1. The molecule has 0 saturated heterocycles. The number of nitrogens with zero attached hydrogens (tertiary/aromatic N) is 2. The summed E-state index contributed by atoms with van der Waals surface area (Å²) in [6.07, 6.45) is 2.09. The zero-order chi connectivity index (χ0) is 8.27. The normalized spacial score (nSPS) is 9.55. The van der Waals surface area contributed by atoms with Crippen LogP contribution < -0.4 is 11.1 Å². The minimum atomic E-state index is 0.485. The van der Waals surface area contributed by atoms with Crippen LogP contribution in [0.2, 0.25) is 0 Å². The van der Waals surface area contributed by atoms with Crippen LogP contribution in [0.5, 0.6) is 0 Å². The summed E-state index contributed by atoms with van der Waals surface area (Å²) in [6, 6.07) is 0. The van der Waals surface area contributed by atoms with Crippen LogP contribution in [-0.2, 0) is 11.3 Å². The highest BCUT2D eigenvalue weighted by atomic mass is 16.1. The highest BCUT2D eigenvalue weighted by molar-refractivity contribution is 5.76. The molecule has 11 heavy (non-hydrogen) atoms. The van der Waals surface area contributed by atoms with Gasteiger partial charge in [-0.15, -0.1) is 0 Å². The number of amides is 1. The fourth-order valence-corrected chi connectivity index (χ4v) is 0.853. The third kappa shape index (κ3) is 1.31. The molecule has 0 radical (unpaired) electrons. The molecule has 1 aromatic rings. The van der Waals surface area contributed by atoms with Gasteiger partial charge in [0.05, 0.1) is 11.9 Å². The molecule has 0 aliphatic heterocycles. The van der Waals surface area contributed by atoms with Gasteiger partial charge in [-0.05, 0) is 6.92 Å². The predicted octanol–water partition coefficient (Wildman–Crippen LogP) is 0.0535. The van der Waals surface area contributed by atoms with E-state index in [9.17, 15) is 4.79 Å². The molecule has 0 saturated carbocycles. The number of nitrogens with one attached hydrogen (secondary N) is 1. The zero-order valence-electron chi connectivity index (χ0n) is 6.24. The summed E-state index contributed by atoms with van der Waals surface area (Å²) in [7, 11) is 0. The van der Waals surface area contributed by atoms with Crippen LogP contribution in [0.3, 0.4) is 0 Å². The van der Waals surface area contributed by atoms with Crippen LogP contribution in [0.25, 0.3) is 0 Å². The Morgan fingerprint density at radius 2 is 2.64 bits per heavy atom. The van der Waals surface area contributed by atoms with Crippen LogP contribution in [0.15, 0.2) is 6.20 Å². The van der Waals surface area contributed by atoms with Crippen molar-refractivity contribution in [3.63, 3.8) is 0 Å². The number of aromatic nitrogens is 2. The molecule has 0 spiro atoms. The van der Waals surface area contributed by atoms with E-state index in [0.29, 0.717) is 24.5 Å². The lowest BCUT2D eigenvalue weighted by molar-refractivity contribution is -0.105. The van der Waals surface area contributed by atoms with Crippen molar-refractivity contribution < 1.29 is 4.79 Å². The van der Waals surface area contributed by atoms with Crippen LogP contribution in [-0.4, -0.2) is 16.2 Å². The monoisotopic (exact) mass is 154 g/mol. The zero-order valence-corrected chi connectivity index (χ0v) is 6.24. The van der Waals surface area contributed by atoms with E-state index in [0.717, 1.165) is 0 Å². The molecule has 0 aliphatic carbocycles. The Morgan fingerprint density at radius 3 is 3.18 bits per heavy atom. The molecule has 0 atom stereocenters. The van der Waals surface area contributed by atoms with E-state index in [1.807, 2.05) is 6.92 Å². The lowest BCUT2D eigenvalue weighted by Gasteiger charge is -2.01. The van der Waals surface area contributed by atoms with Crippen molar-refractivity contribution in [3.8, 4) is 0 Å². The lowest BCUT2D eigenvalue weighted by atomic mass is 10.5. The van der Waals surface area contributed by atoms with Crippen molar-refractivity contribution in [2.45, 2.75) is 13.5 Å². The molecule has 5 nitrogen and oxygen atoms in total. The van der Waals surface area contributed by atoms with Gasteiger partial charge < -0.3 is 11.1 Å². The van der Waals surface area contributed by atoms with Gasteiger partial charge in [-0.2, -0.15) is 5.10 Å². The second-order valence-corrected chi connectivity index (χ2v) is 2.03. The number of hydrogen-bond acceptors (Lipinski definition) is 3. The Bertz CT molecular complexity index is 255. The number of anilines is 2. The van der Waals surface area contributed by atoms with Gasteiger partial charge in [0.15, 0.2) is 5.82 Å². The van der Waals surface area contributed by atoms with Crippen molar-refractivity contribution in [3.05, 3.63) is 6.20 Å². The first-order valence-corrected chi connectivity index (χ1v) is 3.31. The lowest BCUT2D eigenvalue weighted by Crippen LogP contribution is -2.06. The molecule has 1 heterocycles. The number of rotatable bonds is 3. The summed E-state index contributed by atoms with van der Waals surface area (Å²) in [4.78, 5) is 10.1. The maximum Gasteiger partial charge on any atom is 0.212 e. The summed E-state index contributed by atoms with van der Waals surface area (Å²) in [5, 5.41) is 6.39. The van der Waals surface area contributed by atoms with Crippen molar-refractivity contribution in [1.82, 2.24) is 9.78 Å². The van der Waals surface area contributed by atoms with Gasteiger partial charge in [0.1, 0.15) is 0 Å². The van der Waals surface area contributed by atoms with Crippen molar-refractivity contribution >= 4 is 17.9 Å². The highest BCUT2D eigenvalue weighted by Crippen LogP contribution is 2.15. The Kier molecular flexibility index (Phi) is 2.10. The number of nitrogen functional groups attached to an aromatic ring is 1. The molecule has 1 amide bonds. The number of hydrogen-bond donors (Lipinski definition) is 2. The standard InChI is InChI=1S/C6H10N4O/c1-2-10-6(8-4-11)5(7)3-9-10/h3-4H,2,7H2,1H3,(H,8,11). The molecule has 0 aromatic carbocycles. The Labute approximate surface area is 64.2 Å². The molecular formula is C6H10N4O. The molecular weight excluding hydrogens is 144 g/mol. The highest BCUT2D eigenvalue weighted by Gasteiger charge is 2.03. The summed E-state index contributed by atoms with van der Waals surface area (Å²) in [5.41, 5.74) is 5.98. The van der Waals surface area contributed by atoms with Crippen LogP contribution in [0.1, 0.15) is 6.92 Å². The summed E-state index contributed by atoms with van der Waals surface area (Å²) >= 11 is 0. The van der Waals surface area contributed by atoms with E-state index >= 15 is 0 Å². The van der Waals surface area contributed by atoms with E-state index in [1.165, 1.54) is 6.20 Å². The fraction of sp³-hybridized carbons (Fsp3) is 0.333. The number of carbonyl (C=O) groups excluding carboxylic acids is 1. The van der Waals surface area contributed by atoms with Gasteiger partial charge in [-0.1, -0.05) is 0 Å². The minimum Gasteiger partial charge on any atom is -0.394 e. The largest absolute Gasteiger partial charge is 0.394 e. The molecule has 0 aliphatic rings. The molecule has 0 unspecified atom stereocenters. The SMILES string of the molecule is CCn1ncc(N)c1NC=O. The quantitative estimate of drug-likeness (QED) is 0.604. The maximum absolute atomic E-state index is 10.1.